The van der Waals surface area contributed by atoms with E-state index in [-0.39, 0.29) is 25.7 Å². The number of rotatable bonds is 23. The van der Waals surface area contributed by atoms with Crippen LogP contribution < -0.4 is 5.32 Å². The summed E-state index contributed by atoms with van der Waals surface area (Å²) in [5, 5.41) is 12.1. The van der Waals surface area contributed by atoms with Crippen molar-refractivity contribution in [1.82, 2.24) is 5.32 Å². The number of nitrogens with one attached hydrogen (secondary N) is 1. The van der Waals surface area contributed by atoms with Crippen LogP contribution in [-0.2, 0) is 18.4 Å². The zero-order valence-electron chi connectivity index (χ0n) is 22.6. The second kappa shape index (κ2) is 21.1. The normalized spacial score (nSPS) is 15.0. The van der Waals surface area contributed by atoms with E-state index in [1.165, 1.54) is 25.7 Å². The predicted molar refractivity (Wildman–Crippen MR) is 143 cm³/mol. The Morgan fingerprint density at radius 1 is 0.943 bits per heavy atom. The number of hydrogen-bond acceptors (Lipinski definition) is 5. The fraction of sp³-hybridized carbons (Fsp3) is 0.808. The fourth-order valence-corrected chi connectivity index (χ4v) is 3.94. The van der Waals surface area contributed by atoms with Gasteiger partial charge in [-0.15, -0.1) is 0 Å². The number of phosphoric acid groups is 1. The van der Waals surface area contributed by atoms with E-state index >= 15 is 0 Å². The number of nitrogens with zero attached hydrogens (tertiary/aromatic N) is 1. The summed E-state index contributed by atoms with van der Waals surface area (Å²) in [5.41, 5.74) is 0. The van der Waals surface area contributed by atoms with Gasteiger partial charge >= 0.3 is 7.82 Å². The number of carbonyl (C=O) groups excluding carboxylic acids is 1. The van der Waals surface area contributed by atoms with Gasteiger partial charge in [0.1, 0.15) is 13.2 Å². The molecular formula is C26H52N2O6P+. The monoisotopic (exact) mass is 519 g/mol. The van der Waals surface area contributed by atoms with E-state index in [0.717, 1.165) is 44.9 Å². The molecule has 0 aromatic heterocycles. The van der Waals surface area contributed by atoms with Crippen LogP contribution in [0.4, 0.5) is 0 Å². The number of aliphatic hydroxyl groups excluding tert-OH is 1. The van der Waals surface area contributed by atoms with Gasteiger partial charge in [0.2, 0.25) is 5.91 Å². The maximum Gasteiger partial charge on any atom is 0.472 e. The molecule has 2 atom stereocenters. The Morgan fingerprint density at radius 2 is 1.54 bits per heavy atom. The van der Waals surface area contributed by atoms with Gasteiger partial charge in [0, 0.05) is 6.42 Å². The number of hydrogen-bond donors (Lipinski definition) is 3. The van der Waals surface area contributed by atoms with Crippen molar-refractivity contribution in [2.24, 2.45) is 0 Å². The van der Waals surface area contributed by atoms with Gasteiger partial charge < -0.3 is 19.8 Å². The Kier molecular flexibility index (Phi) is 20.5. The van der Waals surface area contributed by atoms with Crippen molar-refractivity contribution in [3.05, 3.63) is 24.3 Å². The summed E-state index contributed by atoms with van der Waals surface area (Å²) >= 11 is 0. The van der Waals surface area contributed by atoms with Crippen molar-refractivity contribution in [1.29, 1.82) is 0 Å². The van der Waals surface area contributed by atoms with E-state index in [2.05, 4.69) is 36.5 Å². The molecule has 206 valence electrons. The highest BCUT2D eigenvalue weighted by Crippen LogP contribution is 2.43. The molecule has 8 nitrogen and oxygen atoms in total. The number of likely N-dealkylation sites (N-methyl/N-ethyl adjacent to an activating group) is 1. The van der Waals surface area contributed by atoms with Crippen LogP contribution in [0.5, 0.6) is 0 Å². The van der Waals surface area contributed by atoms with E-state index in [1.807, 2.05) is 21.1 Å². The lowest BCUT2D eigenvalue weighted by Gasteiger charge is -2.24. The largest absolute Gasteiger partial charge is 0.472 e. The van der Waals surface area contributed by atoms with E-state index in [0.29, 0.717) is 17.4 Å². The van der Waals surface area contributed by atoms with Crippen molar-refractivity contribution in [2.45, 2.75) is 90.0 Å². The second-order valence-electron chi connectivity index (χ2n) is 10.0. The van der Waals surface area contributed by atoms with Gasteiger partial charge in [-0.1, -0.05) is 63.3 Å². The number of amides is 1. The minimum atomic E-state index is -4.22. The van der Waals surface area contributed by atoms with Crippen LogP contribution in [0.2, 0.25) is 0 Å². The summed E-state index contributed by atoms with van der Waals surface area (Å²) < 4.78 is 22.4. The number of aliphatic hydroxyl groups is 1. The minimum absolute atomic E-state index is 0.0697. The molecule has 0 heterocycles. The molecule has 9 heteroatoms. The predicted octanol–water partition coefficient (Wildman–Crippen LogP) is 5.12. The summed E-state index contributed by atoms with van der Waals surface area (Å²) in [6.45, 7) is 2.16. The lowest BCUT2D eigenvalue weighted by Crippen LogP contribution is -2.40. The molecule has 0 bridgehead atoms. The van der Waals surface area contributed by atoms with E-state index in [1.54, 1.807) is 0 Å². The standard InChI is InChI=1S/C26H51N2O6P/c1-5-6-7-8-9-10-11-12-13-14-15-16-17-18-19-20-26(30)27-25(23-29)24-34-35(31,32)33-22-21-28(2,3)4/h9-10,12-13,25,29H,5-8,11,14-24H2,1-4H3,(H-,27,30,31,32)/p+1/b10-9-,13-12-. The first kappa shape index (κ1) is 34.0. The van der Waals surface area contributed by atoms with E-state index in [4.69, 9.17) is 9.05 Å². The van der Waals surface area contributed by atoms with Crippen LogP contribution >= 0.6 is 7.82 Å². The van der Waals surface area contributed by atoms with Crippen LogP contribution in [0.1, 0.15) is 84.0 Å². The van der Waals surface area contributed by atoms with Crippen molar-refractivity contribution in [3.63, 3.8) is 0 Å². The lowest BCUT2D eigenvalue weighted by molar-refractivity contribution is -0.870. The third kappa shape index (κ3) is 24.5. The van der Waals surface area contributed by atoms with Crippen molar-refractivity contribution in [3.8, 4) is 0 Å². The summed E-state index contributed by atoms with van der Waals surface area (Å²) in [5.74, 6) is -0.197. The number of carbonyl (C=O) groups is 1. The first-order valence-electron chi connectivity index (χ1n) is 13.2. The first-order chi connectivity index (χ1) is 16.6. The van der Waals surface area contributed by atoms with Crippen LogP contribution in [0.15, 0.2) is 24.3 Å². The quantitative estimate of drug-likeness (QED) is 0.0749. The summed E-state index contributed by atoms with van der Waals surface area (Å²) in [6.07, 6.45) is 21.7. The Bertz CT molecular complexity index is 634. The minimum Gasteiger partial charge on any atom is -0.394 e. The highest BCUT2D eigenvalue weighted by atomic mass is 31.2. The van der Waals surface area contributed by atoms with Gasteiger partial charge in [0.25, 0.3) is 0 Å². The molecule has 0 aliphatic heterocycles. The van der Waals surface area contributed by atoms with Crippen molar-refractivity contribution < 1.29 is 32.9 Å². The molecule has 0 fully saturated rings. The smallest absolute Gasteiger partial charge is 0.394 e. The molecular weight excluding hydrogens is 467 g/mol. The summed E-state index contributed by atoms with van der Waals surface area (Å²) in [6, 6.07) is -0.747. The Hall–Kier alpha value is -1.02. The highest BCUT2D eigenvalue weighted by Gasteiger charge is 2.24. The Labute approximate surface area is 214 Å². The molecule has 0 aromatic carbocycles. The number of unbranched alkanes of at least 4 members (excludes halogenated alkanes) is 8. The third-order valence-electron chi connectivity index (χ3n) is 5.40. The number of quaternary nitrogens is 1. The van der Waals surface area contributed by atoms with Crippen molar-refractivity contribution >= 4 is 13.7 Å². The average Bonchev–Trinajstić information content (AvgIpc) is 2.78. The van der Waals surface area contributed by atoms with Gasteiger partial charge in [-0.05, 0) is 38.5 Å². The Morgan fingerprint density at radius 3 is 2.14 bits per heavy atom. The highest BCUT2D eigenvalue weighted by molar-refractivity contribution is 7.47. The van der Waals surface area contributed by atoms with Crippen LogP contribution in [-0.4, -0.2) is 73.9 Å². The fourth-order valence-electron chi connectivity index (χ4n) is 3.19. The lowest BCUT2D eigenvalue weighted by atomic mass is 10.1. The molecule has 3 N–H and O–H groups in total. The zero-order valence-corrected chi connectivity index (χ0v) is 23.5. The molecule has 0 saturated carbocycles. The van der Waals surface area contributed by atoms with E-state index in [9.17, 15) is 19.4 Å². The zero-order chi connectivity index (χ0) is 26.4. The number of phosphoric ester groups is 1. The van der Waals surface area contributed by atoms with Crippen LogP contribution in [0.25, 0.3) is 0 Å². The average molecular weight is 520 g/mol. The molecule has 0 aromatic rings. The second-order valence-corrected chi connectivity index (χ2v) is 11.5. The van der Waals surface area contributed by atoms with Crippen LogP contribution in [0.3, 0.4) is 0 Å². The molecule has 0 spiro atoms. The molecule has 0 aliphatic rings. The topological polar surface area (TPSA) is 105 Å². The summed E-state index contributed by atoms with van der Waals surface area (Å²) in [4.78, 5) is 21.8. The first-order valence-corrected chi connectivity index (χ1v) is 14.7. The summed E-state index contributed by atoms with van der Waals surface area (Å²) in [7, 11) is 1.60. The van der Waals surface area contributed by atoms with Gasteiger partial charge in [-0.2, -0.15) is 0 Å². The molecule has 0 aliphatic carbocycles. The van der Waals surface area contributed by atoms with Gasteiger partial charge in [0.15, 0.2) is 0 Å². The van der Waals surface area contributed by atoms with E-state index < -0.39 is 13.9 Å². The van der Waals surface area contributed by atoms with Crippen molar-refractivity contribution in [2.75, 3.05) is 47.5 Å². The van der Waals surface area contributed by atoms with Gasteiger partial charge in [-0.3, -0.25) is 13.8 Å². The number of allylic oxidation sites excluding steroid dienone is 4. The van der Waals surface area contributed by atoms with Crippen LogP contribution in [0, 0.1) is 0 Å². The molecule has 35 heavy (non-hydrogen) atoms. The maximum absolute atomic E-state index is 12.1. The molecule has 0 rings (SSSR count). The van der Waals surface area contributed by atoms with Gasteiger partial charge in [0.05, 0.1) is 40.4 Å². The molecule has 2 unspecified atom stereocenters. The maximum atomic E-state index is 12.1. The molecule has 0 saturated heterocycles. The molecule has 1 amide bonds. The third-order valence-corrected chi connectivity index (χ3v) is 6.38. The SMILES string of the molecule is CCCCC/C=C\C/C=C\CCCCCCCC(=O)NC(CO)COP(=O)(O)OCC[N+](C)(C)C. The molecule has 0 radical (unpaired) electrons. The van der Waals surface area contributed by atoms with Gasteiger partial charge in [-0.25, -0.2) is 4.57 Å². The Balaban J connectivity index is 3.80.